The zero-order chi connectivity index (χ0) is 25.6. The molecule has 0 aromatic rings. The summed E-state index contributed by atoms with van der Waals surface area (Å²) in [5.74, 6) is -4.32. The second-order valence-electron chi connectivity index (χ2n) is 10.0. The molecular formula is C27H46F2O5. The van der Waals surface area contributed by atoms with Crippen molar-refractivity contribution in [3.8, 4) is 0 Å². The standard InChI is InChI=1S/C27H46F2O5/c1-4-5-6-13-18-27(28,29)25(32)17-16-22-21(23(30)19-24(22)31)14-11-9-7-8-10-12-15-26(33)34-20(2)3/h16-17,20-22,24-25,31-32H,4-15,18-19H2,1-3H3/b17-16+/t21?,22-,24?,25?/m1/s1. The van der Waals surface area contributed by atoms with Crippen LogP contribution in [-0.4, -0.2) is 46.2 Å². The highest BCUT2D eigenvalue weighted by atomic mass is 19.3. The van der Waals surface area contributed by atoms with Crippen molar-refractivity contribution in [1.82, 2.24) is 0 Å². The zero-order valence-electron chi connectivity index (χ0n) is 21.3. The van der Waals surface area contributed by atoms with Gasteiger partial charge in [0.15, 0.2) is 0 Å². The van der Waals surface area contributed by atoms with E-state index in [1.54, 1.807) is 0 Å². The van der Waals surface area contributed by atoms with Crippen molar-refractivity contribution in [2.24, 2.45) is 11.8 Å². The van der Waals surface area contributed by atoms with Gasteiger partial charge in [-0.25, -0.2) is 8.78 Å². The molecule has 0 radical (unpaired) electrons. The molecule has 1 fully saturated rings. The van der Waals surface area contributed by atoms with Gasteiger partial charge in [0.25, 0.3) is 5.92 Å². The van der Waals surface area contributed by atoms with Gasteiger partial charge in [-0.05, 0) is 33.1 Å². The Labute approximate surface area is 204 Å². The molecule has 0 saturated heterocycles. The molecule has 1 saturated carbocycles. The zero-order valence-corrected chi connectivity index (χ0v) is 21.3. The quantitative estimate of drug-likeness (QED) is 0.137. The third-order valence-electron chi connectivity index (χ3n) is 6.56. The van der Waals surface area contributed by atoms with Gasteiger partial charge in [-0.2, -0.15) is 0 Å². The van der Waals surface area contributed by atoms with Crippen LogP contribution in [0.4, 0.5) is 8.78 Å². The maximum Gasteiger partial charge on any atom is 0.306 e. The average molecular weight is 489 g/mol. The summed E-state index contributed by atoms with van der Waals surface area (Å²) < 4.78 is 33.5. The first-order valence-electron chi connectivity index (χ1n) is 13.2. The first-order valence-corrected chi connectivity index (χ1v) is 13.2. The molecule has 198 valence electrons. The Morgan fingerprint density at radius 2 is 1.71 bits per heavy atom. The Morgan fingerprint density at radius 1 is 1.09 bits per heavy atom. The number of unbranched alkanes of at least 4 members (excludes halogenated alkanes) is 8. The van der Waals surface area contributed by atoms with Crippen molar-refractivity contribution in [1.29, 1.82) is 0 Å². The van der Waals surface area contributed by atoms with Crippen molar-refractivity contribution in [2.75, 3.05) is 0 Å². The molecule has 0 aromatic heterocycles. The van der Waals surface area contributed by atoms with Crippen molar-refractivity contribution < 1.29 is 33.3 Å². The summed E-state index contributed by atoms with van der Waals surface area (Å²) in [5.41, 5.74) is 0. The summed E-state index contributed by atoms with van der Waals surface area (Å²) >= 11 is 0. The Balaban J connectivity index is 2.37. The van der Waals surface area contributed by atoms with Crippen LogP contribution in [-0.2, 0) is 14.3 Å². The minimum Gasteiger partial charge on any atom is -0.463 e. The van der Waals surface area contributed by atoms with Crippen LogP contribution in [0.5, 0.6) is 0 Å². The minimum atomic E-state index is -3.21. The predicted octanol–water partition coefficient (Wildman–Crippen LogP) is 6.15. The van der Waals surface area contributed by atoms with Gasteiger partial charge in [-0.3, -0.25) is 9.59 Å². The predicted molar refractivity (Wildman–Crippen MR) is 130 cm³/mol. The maximum absolute atomic E-state index is 14.2. The van der Waals surface area contributed by atoms with E-state index in [2.05, 4.69) is 0 Å². The second-order valence-corrected chi connectivity index (χ2v) is 10.0. The molecule has 0 amide bonds. The number of aliphatic hydroxyl groups is 2. The number of aliphatic hydroxyl groups excluding tert-OH is 2. The number of ketones is 1. The lowest BCUT2D eigenvalue weighted by atomic mass is 9.88. The molecule has 1 aliphatic carbocycles. The average Bonchev–Trinajstić information content (AvgIpc) is 3.02. The molecule has 2 N–H and O–H groups in total. The smallest absolute Gasteiger partial charge is 0.306 e. The second kappa shape index (κ2) is 16.4. The maximum atomic E-state index is 14.2. The molecule has 7 heteroatoms. The number of carbonyl (C=O) groups excluding carboxylic acids is 2. The SMILES string of the molecule is CCCCCCC(F)(F)C(O)/C=C/[C@H]1C(O)CC(=O)C1CCCCCCCCC(=O)OC(C)C. The summed E-state index contributed by atoms with van der Waals surface area (Å²) in [6.07, 6.45) is 8.76. The normalized spacial score (nSPS) is 22.1. The van der Waals surface area contributed by atoms with Crippen molar-refractivity contribution >= 4 is 11.8 Å². The van der Waals surface area contributed by atoms with Crippen molar-refractivity contribution in [3.05, 3.63) is 12.2 Å². The van der Waals surface area contributed by atoms with Crippen LogP contribution < -0.4 is 0 Å². The summed E-state index contributed by atoms with van der Waals surface area (Å²) in [4.78, 5) is 23.8. The molecule has 4 atom stereocenters. The van der Waals surface area contributed by atoms with Gasteiger partial charge in [0, 0.05) is 31.1 Å². The summed E-state index contributed by atoms with van der Waals surface area (Å²) in [6.45, 7) is 5.67. The Kier molecular flexibility index (Phi) is 14.8. The molecule has 5 nitrogen and oxygen atoms in total. The van der Waals surface area contributed by atoms with E-state index in [1.807, 2.05) is 20.8 Å². The number of rotatable bonds is 18. The molecule has 0 spiro atoms. The van der Waals surface area contributed by atoms with E-state index in [-0.39, 0.29) is 36.6 Å². The van der Waals surface area contributed by atoms with Crippen molar-refractivity contribution in [3.63, 3.8) is 0 Å². The topological polar surface area (TPSA) is 83.8 Å². The van der Waals surface area contributed by atoms with E-state index in [0.717, 1.165) is 57.4 Å². The van der Waals surface area contributed by atoms with Crippen LogP contribution in [0.1, 0.15) is 111 Å². The van der Waals surface area contributed by atoms with Crippen molar-refractivity contribution in [2.45, 2.75) is 135 Å². The Bertz CT molecular complexity index is 620. The van der Waals surface area contributed by atoms with E-state index in [0.29, 0.717) is 25.7 Å². The van der Waals surface area contributed by atoms with E-state index in [1.165, 1.54) is 6.08 Å². The Morgan fingerprint density at radius 3 is 2.35 bits per heavy atom. The van der Waals surface area contributed by atoms with Gasteiger partial charge in [0.05, 0.1) is 12.2 Å². The highest BCUT2D eigenvalue weighted by Gasteiger charge is 2.41. The number of hydrogen-bond donors (Lipinski definition) is 2. The fourth-order valence-corrected chi connectivity index (χ4v) is 4.56. The van der Waals surface area contributed by atoms with Crippen LogP contribution in [0.3, 0.4) is 0 Å². The third kappa shape index (κ3) is 11.9. The first-order chi connectivity index (χ1) is 16.1. The summed E-state index contributed by atoms with van der Waals surface area (Å²) in [6, 6.07) is 0. The fourth-order valence-electron chi connectivity index (χ4n) is 4.56. The fraction of sp³-hybridized carbons (Fsp3) is 0.852. The molecule has 0 aliphatic heterocycles. The van der Waals surface area contributed by atoms with Gasteiger partial charge in [-0.1, -0.05) is 70.4 Å². The molecule has 0 heterocycles. The van der Waals surface area contributed by atoms with Gasteiger partial charge < -0.3 is 14.9 Å². The van der Waals surface area contributed by atoms with E-state index >= 15 is 0 Å². The minimum absolute atomic E-state index is 0.0355. The van der Waals surface area contributed by atoms with Gasteiger partial charge in [0.2, 0.25) is 0 Å². The highest BCUT2D eigenvalue weighted by molar-refractivity contribution is 5.84. The molecular weight excluding hydrogens is 442 g/mol. The molecule has 3 unspecified atom stereocenters. The number of ether oxygens (including phenoxy) is 1. The Hall–Kier alpha value is -1.34. The summed E-state index contributed by atoms with van der Waals surface area (Å²) in [5, 5.41) is 20.3. The summed E-state index contributed by atoms with van der Waals surface area (Å²) in [7, 11) is 0. The van der Waals surface area contributed by atoms with E-state index in [9.17, 15) is 28.6 Å². The largest absolute Gasteiger partial charge is 0.463 e. The first kappa shape index (κ1) is 30.7. The van der Waals surface area contributed by atoms with Crippen LogP contribution in [0, 0.1) is 11.8 Å². The third-order valence-corrected chi connectivity index (χ3v) is 6.56. The van der Waals surface area contributed by atoms with E-state index < -0.39 is 24.0 Å². The van der Waals surface area contributed by atoms with Gasteiger partial charge >= 0.3 is 5.97 Å². The molecule has 0 bridgehead atoms. The monoisotopic (exact) mass is 488 g/mol. The lowest BCUT2D eigenvalue weighted by molar-refractivity contribution is -0.147. The number of carbonyl (C=O) groups is 2. The lowest BCUT2D eigenvalue weighted by Crippen LogP contribution is -2.32. The van der Waals surface area contributed by atoms with Crippen LogP contribution >= 0.6 is 0 Å². The van der Waals surface area contributed by atoms with Gasteiger partial charge in [0.1, 0.15) is 11.9 Å². The number of esters is 1. The number of hydrogen-bond acceptors (Lipinski definition) is 5. The van der Waals surface area contributed by atoms with Crippen LogP contribution in [0.25, 0.3) is 0 Å². The highest BCUT2D eigenvalue weighted by Crippen LogP contribution is 2.35. The molecule has 1 rings (SSSR count). The number of alkyl halides is 2. The molecule has 0 aromatic carbocycles. The van der Waals surface area contributed by atoms with E-state index in [4.69, 9.17) is 4.74 Å². The van der Waals surface area contributed by atoms with Crippen LogP contribution in [0.15, 0.2) is 12.2 Å². The van der Waals surface area contributed by atoms with Gasteiger partial charge in [-0.15, -0.1) is 0 Å². The molecule has 34 heavy (non-hydrogen) atoms. The van der Waals surface area contributed by atoms with Crippen LogP contribution in [0.2, 0.25) is 0 Å². The lowest BCUT2D eigenvalue weighted by Gasteiger charge is -2.22. The number of halogens is 2. The molecule has 1 aliphatic rings. The number of Topliss-reactive ketones (excluding diaryl/α,β-unsaturated/α-hetero) is 1.